The number of likely N-dealkylation sites (tertiary alicyclic amines) is 1. The lowest BCUT2D eigenvalue weighted by atomic mass is 10.0. The number of anilines is 1. The van der Waals surface area contributed by atoms with Crippen molar-refractivity contribution in [3.05, 3.63) is 24.3 Å². The summed E-state index contributed by atoms with van der Waals surface area (Å²) < 4.78 is 5.23. The zero-order valence-corrected chi connectivity index (χ0v) is 15.0. The van der Waals surface area contributed by atoms with Crippen molar-refractivity contribution in [1.29, 1.82) is 0 Å². The van der Waals surface area contributed by atoms with Gasteiger partial charge in [-0.25, -0.2) is 4.79 Å². The average Bonchev–Trinajstić information content (AvgIpc) is 3.01. The highest BCUT2D eigenvalue weighted by atomic mass is 16.5. The Morgan fingerprint density at radius 1 is 1.36 bits per heavy atom. The summed E-state index contributed by atoms with van der Waals surface area (Å²) in [6, 6.07) is 7.60. The molecular formula is C19H27N3O3. The van der Waals surface area contributed by atoms with Crippen molar-refractivity contribution in [2.75, 3.05) is 25.1 Å². The number of benzene rings is 1. The van der Waals surface area contributed by atoms with Crippen LogP contribution in [0.4, 0.5) is 10.5 Å². The van der Waals surface area contributed by atoms with Crippen molar-refractivity contribution in [3.8, 4) is 5.75 Å². The third kappa shape index (κ3) is 3.89. The van der Waals surface area contributed by atoms with Crippen molar-refractivity contribution >= 4 is 17.6 Å². The summed E-state index contributed by atoms with van der Waals surface area (Å²) in [5.74, 6) is 0.751. The summed E-state index contributed by atoms with van der Waals surface area (Å²) in [7, 11) is 1.61. The normalized spacial score (nSPS) is 23.7. The molecule has 2 aliphatic heterocycles. The summed E-state index contributed by atoms with van der Waals surface area (Å²) in [6.45, 7) is 3.44. The highest BCUT2D eigenvalue weighted by molar-refractivity contribution is 5.97. The van der Waals surface area contributed by atoms with E-state index in [0.29, 0.717) is 19.0 Å². The van der Waals surface area contributed by atoms with Gasteiger partial charge >= 0.3 is 6.03 Å². The van der Waals surface area contributed by atoms with Gasteiger partial charge in [-0.3, -0.25) is 4.79 Å². The first-order valence-electron chi connectivity index (χ1n) is 9.14. The number of nitrogens with one attached hydrogen (secondary N) is 1. The van der Waals surface area contributed by atoms with Gasteiger partial charge in [-0.2, -0.15) is 0 Å². The molecule has 1 aromatic rings. The number of ether oxygens (including phenoxy) is 1. The van der Waals surface area contributed by atoms with Gasteiger partial charge in [0.1, 0.15) is 5.75 Å². The number of carbonyl (C=O) groups is 2. The standard InChI is InChI=1S/C19H27N3O3/c1-3-15-7-4-5-10-21(15)19(24)20-14-11-18(23)22(13-14)16-8-6-9-17(12-16)25-2/h6,8-9,12,14-15H,3-5,7,10-11,13H2,1-2H3,(H,20,24). The maximum Gasteiger partial charge on any atom is 0.317 e. The van der Waals surface area contributed by atoms with E-state index >= 15 is 0 Å². The summed E-state index contributed by atoms with van der Waals surface area (Å²) in [5.41, 5.74) is 0.811. The maximum absolute atomic E-state index is 12.6. The number of piperidine rings is 1. The number of nitrogens with zero attached hydrogens (tertiary/aromatic N) is 2. The molecule has 2 atom stereocenters. The molecule has 1 aromatic carbocycles. The first kappa shape index (κ1) is 17.6. The minimum absolute atomic E-state index is 0.0307. The number of rotatable bonds is 4. The molecule has 2 unspecified atom stereocenters. The van der Waals surface area contributed by atoms with E-state index in [1.807, 2.05) is 29.2 Å². The molecule has 0 saturated carbocycles. The molecule has 6 heteroatoms. The first-order chi connectivity index (χ1) is 12.1. The predicted octanol–water partition coefficient (Wildman–Crippen LogP) is 2.77. The van der Waals surface area contributed by atoms with Gasteiger partial charge in [0.05, 0.1) is 13.2 Å². The van der Waals surface area contributed by atoms with Gasteiger partial charge in [0.15, 0.2) is 0 Å². The average molecular weight is 345 g/mol. The van der Waals surface area contributed by atoms with E-state index in [1.165, 1.54) is 6.42 Å². The number of amides is 3. The molecule has 1 N–H and O–H groups in total. The Kier molecular flexibility index (Phi) is 5.46. The molecule has 136 valence electrons. The molecule has 2 heterocycles. The molecule has 3 amide bonds. The molecule has 2 aliphatic rings. The van der Waals surface area contributed by atoms with E-state index in [4.69, 9.17) is 4.74 Å². The van der Waals surface area contributed by atoms with Crippen LogP contribution in [0.5, 0.6) is 5.75 Å². The molecule has 0 aromatic heterocycles. The van der Waals surface area contributed by atoms with E-state index in [0.717, 1.165) is 37.2 Å². The van der Waals surface area contributed by atoms with Crippen LogP contribution in [-0.4, -0.2) is 49.1 Å². The monoisotopic (exact) mass is 345 g/mol. The van der Waals surface area contributed by atoms with E-state index in [9.17, 15) is 9.59 Å². The summed E-state index contributed by atoms with van der Waals surface area (Å²) in [4.78, 5) is 28.7. The molecule has 0 radical (unpaired) electrons. The SMILES string of the molecule is CCC1CCCCN1C(=O)NC1CC(=O)N(c2cccc(OC)c2)C1. The van der Waals surface area contributed by atoms with Crippen LogP contribution >= 0.6 is 0 Å². The minimum Gasteiger partial charge on any atom is -0.497 e. The van der Waals surface area contributed by atoms with Crippen molar-refractivity contribution in [3.63, 3.8) is 0 Å². The Labute approximate surface area is 149 Å². The van der Waals surface area contributed by atoms with Crippen LogP contribution in [0.15, 0.2) is 24.3 Å². The zero-order valence-electron chi connectivity index (χ0n) is 15.0. The molecule has 0 spiro atoms. The van der Waals surface area contributed by atoms with Crippen molar-refractivity contribution in [2.24, 2.45) is 0 Å². The largest absolute Gasteiger partial charge is 0.497 e. The fourth-order valence-corrected chi connectivity index (χ4v) is 3.78. The summed E-state index contributed by atoms with van der Waals surface area (Å²) in [5, 5.41) is 3.06. The quantitative estimate of drug-likeness (QED) is 0.913. The Morgan fingerprint density at radius 2 is 2.20 bits per heavy atom. The highest BCUT2D eigenvalue weighted by Gasteiger charge is 2.34. The Balaban J connectivity index is 1.63. The molecular weight excluding hydrogens is 318 g/mol. The lowest BCUT2D eigenvalue weighted by Gasteiger charge is -2.35. The number of hydrogen-bond donors (Lipinski definition) is 1. The van der Waals surface area contributed by atoms with Crippen LogP contribution < -0.4 is 15.0 Å². The Hall–Kier alpha value is -2.24. The highest BCUT2D eigenvalue weighted by Crippen LogP contribution is 2.26. The fourth-order valence-electron chi connectivity index (χ4n) is 3.78. The smallest absolute Gasteiger partial charge is 0.317 e. The summed E-state index contributed by atoms with van der Waals surface area (Å²) >= 11 is 0. The molecule has 2 saturated heterocycles. The predicted molar refractivity (Wildman–Crippen MR) is 96.9 cm³/mol. The van der Waals surface area contributed by atoms with Crippen molar-refractivity contribution in [1.82, 2.24) is 10.2 Å². The third-order valence-electron chi connectivity index (χ3n) is 5.18. The van der Waals surface area contributed by atoms with Crippen LogP contribution in [0.3, 0.4) is 0 Å². The van der Waals surface area contributed by atoms with Crippen LogP contribution in [-0.2, 0) is 4.79 Å². The second-order valence-corrected chi connectivity index (χ2v) is 6.81. The van der Waals surface area contributed by atoms with E-state index < -0.39 is 0 Å². The Bertz CT molecular complexity index is 634. The van der Waals surface area contributed by atoms with Crippen LogP contribution in [0.25, 0.3) is 0 Å². The van der Waals surface area contributed by atoms with Gasteiger partial charge in [-0.15, -0.1) is 0 Å². The van der Waals surface area contributed by atoms with Crippen LogP contribution in [0.2, 0.25) is 0 Å². The number of carbonyl (C=O) groups excluding carboxylic acids is 2. The van der Waals surface area contributed by atoms with Gasteiger partial charge in [-0.05, 0) is 37.8 Å². The van der Waals surface area contributed by atoms with Crippen LogP contribution in [0, 0.1) is 0 Å². The number of urea groups is 1. The van der Waals surface area contributed by atoms with Crippen molar-refractivity contribution < 1.29 is 14.3 Å². The lowest BCUT2D eigenvalue weighted by molar-refractivity contribution is -0.117. The summed E-state index contributed by atoms with van der Waals surface area (Å²) in [6.07, 6.45) is 4.64. The third-order valence-corrected chi connectivity index (χ3v) is 5.18. The number of methoxy groups -OCH3 is 1. The van der Waals surface area contributed by atoms with Gasteiger partial charge in [0, 0.05) is 37.3 Å². The molecule has 6 nitrogen and oxygen atoms in total. The second-order valence-electron chi connectivity index (χ2n) is 6.81. The van der Waals surface area contributed by atoms with Gasteiger partial charge in [0.2, 0.25) is 5.91 Å². The zero-order chi connectivity index (χ0) is 17.8. The van der Waals surface area contributed by atoms with Gasteiger partial charge in [0.25, 0.3) is 0 Å². The lowest BCUT2D eigenvalue weighted by Crippen LogP contribution is -2.51. The molecule has 0 bridgehead atoms. The first-order valence-corrected chi connectivity index (χ1v) is 9.14. The number of hydrogen-bond acceptors (Lipinski definition) is 3. The molecule has 25 heavy (non-hydrogen) atoms. The van der Waals surface area contributed by atoms with E-state index in [2.05, 4.69) is 12.2 Å². The minimum atomic E-state index is -0.148. The second kappa shape index (κ2) is 7.76. The molecule has 3 rings (SSSR count). The van der Waals surface area contributed by atoms with Crippen molar-refractivity contribution in [2.45, 2.75) is 51.1 Å². The Morgan fingerprint density at radius 3 is 2.96 bits per heavy atom. The topological polar surface area (TPSA) is 61.9 Å². The van der Waals surface area contributed by atoms with Gasteiger partial charge in [-0.1, -0.05) is 13.0 Å². The fraction of sp³-hybridized carbons (Fsp3) is 0.579. The van der Waals surface area contributed by atoms with Gasteiger partial charge < -0.3 is 19.9 Å². The van der Waals surface area contributed by atoms with Crippen LogP contribution in [0.1, 0.15) is 39.0 Å². The van der Waals surface area contributed by atoms with E-state index in [1.54, 1.807) is 12.0 Å². The maximum atomic E-state index is 12.6. The molecule has 2 fully saturated rings. The van der Waals surface area contributed by atoms with E-state index in [-0.39, 0.29) is 18.0 Å². The molecule has 0 aliphatic carbocycles.